The molecule has 0 radical (unpaired) electrons. The lowest BCUT2D eigenvalue weighted by Crippen LogP contribution is -2.02. The smallest absolute Gasteiger partial charge is 0.339 e. The van der Waals surface area contributed by atoms with Crippen LogP contribution in [0.15, 0.2) is 30.5 Å². The lowest BCUT2D eigenvalue weighted by Gasteiger charge is -2.10. The maximum Gasteiger partial charge on any atom is 0.339 e. The minimum Gasteiger partial charge on any atom is -0.478 e. The predicted molar refractivity (Wildman–Crippen MR) is 71.9 cm³/mol. The molecule has 5 nitrogen and oxygen atoms in total. The Morgan fingerprint density at radius 3 is 2.75 bits per heavy atom. The Balaban J connectivity index is 2.49. The molecule has 100 valence electrons. The Kier molecular flexibility index (Phi) is 3.67. The van der Waals surface area contributed by atoms with Crippen molar-refractivity contribution in [3.63, 3.8) is 0 Å². The molecule has 0 aliphatic carbocycles. The van der Waals surface area contributed by atoms with Gasteiger partial charge in [0.2, 0.25) is 5.88 Å². The van der Waals surface area contributed by atoms with E-state index in [-0.39, 0.29) is 17.2 Å². The average molecular weight is 268 g/mol. The Labute approximate surface area is 116 Å². The molecule has 2 aromatic rings. The third-order valence-electron chi connectivity index (χ3n) is 2.81. The molecule has 1 heterocycles. The fourth-order valence-electron chi connectivity index (χ4n) is 1.75. The molecule has 1 aromatic carbocycles. The van der Waals surface area contributed by atoms with E-state index in [1.807, 2.05) is 6.07 Å². The van der Waals surface area contributed by atoms with Crippen molar-refractivity contribution in [2.75, 3.05) is 0 Å². The molecular formula is C15H12N2O3. The van der Waals surface area contributed by atoms with Gasteiger partial charge < -0.3 is 9.84 Å². The lowest BCUT2D eigenvalue weighted by atomic mass is 10.1. The number of hydrogen-bond acceptors (Lipinski definition) is 4. The van der Waals surface area contributed by atoms with Crippen LogP contribution >= 0.6 is 0 Å². The van der Waals surface area contributed by atoms with Crippen LogP contribution in [0, 0.1) is 25.2 Å². The largest absolute Gasteiger partial charge is 0.478 e. The normalized spacial score (nSPS) is 9.85. The van der Waals surface area contributed by atoms with Gasteiger partial charge in [0.15, 0.2) is 0 Å². The summed E-state index contributed by atoms with van der Waals surface area (Å²) in [5.74, 6) is -0.814. The Hall–Kier alpha value is -2.87. The number of nitrogens with zero attached hydrogens (tertiary/aromatic N) is 2. The fraction of sp³-hybridized carbons (Fsp3) is 0.133. The van der Waals surface area contributed by atoms with Crippen LogP contribution in [0.25, 0.3) is 0 Å². The molecule has 0 atom stereocenters. The SMILES string of the molecule is Cc1ccc(Oc2nccc(C)c2C#N)c(C(=O)O)c1. The number of carbonyl (C=O) groups is 1. The van der Waals surface area contributed by atoms with E-state index in [0.717, 1.165) is 11.1 Å². The van der Waals surface area contributed by atoms with Gasteiger partial charge in [0.25, 0.3) is 0 Å². The maximum absolute atomic E-state index is 11.2. The number of ether oxygens (including phenoxy) is 1. The number of aryl methyl sites for hydroxylation is 2. The van der Waals surface area contributed by atoms with Gasteiger partial charge in [-0.15, -0.1) is 0 Å². The number of rotatable bonds is 3. The van der Waals surface area contributed by atoms with Gasteiger partial charge in [0, 0.05) is 6.20 Å². The van der Waals surface area contributed by atoms with Crippen molar-refractivity contribution in [2.24, 2.45) is 0 Å². The molecule has 0 aliphatic rings. The number of carboxylic acid groups (broad SMARTS) is 1. The van der Waals surface area contributed by atoms with E-state index in [1.54, 1.807) is 32.0 Å². The first-order valence-corrected chi connectivity index (χ1v) is 5.90. The van der Waals surface area contributed by atoms with Gasteiger partial charge in [0.05, 0.1) is 0 Å². The number of carboxylic acids is 1. The zero-order chi connectivity index (χ0) is 14.7. The minimum absolute atomic E-state index is 0.0391. The number of hydrogen-bond donors (Lipinski definition) is 1. The fourth-order valence-corrected chi connectivity index (χ4v) is 1.75. The van der Waals surface area contributed by atoms with E-state index in [0.29, 0.717) is 5.56 Å². The van der Waals surface area contributed by atoms with Gasteiger partial charge in [-0.2, -0.15) is 5.26 Å². The Morgan fingerprint density at radius 1 is 1.35 bits per heavy atom. The quantitative estimate of drug-likeness (QED) is 0.924. The second-order valence-electron chi connectivity index (χ2n) is 4.33. The van der Waals surface area contributed by atoms with Crippen molar-refractivity contribution < 1.29 is 14.6 Å². The van der Waals surface area contributed by atoms with E-state index in [2.05, 4.69) is 4.98 Å². The van der Waals surface area contributed by atoms with Crippen LogP contribution in [-0.4, -0.2) is 16.1 Å². The lowest BCUT2D eigenvalue weighted by molar-refractivity contribution is 0.0694. The summed E-state index contributed by atoms with van der Waals surface area (Å²) >= 11 is 0. The second kappa shape index (κ2) is 5.41. The third-order valence-corrected chi connectivity index (χ3v) is 2.81. The van der Waals surface area contributed by atoms with Crippen LogP contribution < -0.4 is 4.74 Å². The highest BCUT2D eigenvalue weighted by molar-refractivity contribution is 5.91. The monoisotopic (exact) mass is 268 g/mol. The molecule has 2 rings (SSSR count). The molecule has 20 heavy (non-hydrogen) atoms. The van der Waals surface area contributed by atoms with Crippen LogP contribution in [0.5, 0.6) is 11.6 Å². The molecule has 0 saturated heterocycles. The second-order valence-corrected chi connectivity index (χ2v) is 4.33. The summed E-state index contributed by atoms with van der Waals surface area (Å²) in [7, 11) is 0. The Morgan fingerprint density at radius 2 is 2.10 bits per heavy atom. The molecule has 0 fully saturated rings. The van der Waals surface area contributed by atoms with Gasteiger partial charge in [0.1, 0.15) is 22.9 Å². The maximum atomic E-state index is 11.2. The molecule has 0 aliphatic heterocycles. The highest BCUT2D eigenvalue weighted by Crippen LogP contribution is 2.28. The average Bonchev–Trinajstić information content (AvgIpc) is 2.41. The molecule has 1 N–H and O–H groups in total. The summed E-state index contributed by atoms with van der Waals surface area (Å²) in [4.78, 5) is 15.2. The van der Waals surface area contributed by atoms with E-state index >= 15 is 0 Å². The number of pyridine rings is 1. The number of aromatic nitrogens is 1. The summed E-state index contributed by atoms with van der Waals surface area (Å²) in [6.07, 6.45) is 1.51. The van der Waals surface area contributed by atoms with Crippen molar-refractivity contribution in [1.29, 1.82) is 5.26 Å². The van der Waals surface area contributed by atoms with E-state index in [1.165, 1.54) is 12.3 Å². The molecular weight excluding hydrogens is 256 g/mol. The van der Waals surface area contributed by atoms with Crippen LogP contribution in [-0.2, 0) is 0 Å². The highest BCUT2D eigenvalue weighted by atomic mass is 16.5. The summed E-state index contributed by atoms with van der Waals surface area (Å²) in [5.41, 5.74) is 1.87. The zero-order valence-electron chi connectivity index (χ0n) is 11.0. The van der Waals surface area contributed by atoms with Gasteiger partial charge >= 0.3 is 5.97 Å². The molecule has 0 saturated carbocycles. The minimum atomic E-state index is -1.09. The molecule has 0 bridgehead atoms. The van der Waals surface area contributed by atoms with Gasteiger partial charge in [-0.1, -0.05) is 11.6 Å². The van der Waals surface area contributed by atoms with E-state index in [9.17, 15) is 9.90 Å². The van der Waals surface area contributed by atoms with Crippen LogP contribution in [0.4, 0.5) is 0 Å². The Bertz CT molecular complexity index is 718. The third kappa shape index (κ3) is 2.59. The van der Waals surface area contributed by atoms with Crippen molar-refractivity contribution in [2.45, 2.75) is 13.8 Å². The summed E-state index contributed by atoms with van der Waals surface area (Å²) in [6.45, 7) is 3.56. The van der Waals surface area contributed by atoms with Crippen molar-refractivity contribution in [3.05, 3.63) is 52.7 Å². The van der Waals surface area contributed by atoms with Crippen molar-refractivity contribution in [1.82, 2.24) is 4.98 Å². The summed E-state index contributed by atoms with van der Waals surface area (Å²) < 4.78 is 5.51. The van der Waals surface area contributed by atoms with Crippen molar-refractivity contribution in [3.8, 4) is 17.7 Å². The molecule has 0 unspecified atom stereocenters. The van der Waals surface area contributed by atoms with E-state index in [4.69, 9.17) is 10.00 Å². The van der Waals surface area contributed by atoms with Gasteiger partial charge in [-0.3, -0.25) is 0 Å². The van der Waals surface area contributed by atoms with Crippen LogP contribution in [0.3, 0.4) is 0 Å². The molecule has 5 heteroatoms. The number of nitriles is 1. The van der Waals surface area contributed by atoms with Crippen LogP contribution in [0.2, 0.25) is 0 Å². The molecule has 1 aromatic heterocycles. The van der Waals surface area contributed by atoms with Crippen LogP contribution in [0.1, 0.15) is 27.0 Å². The summed E-state index contributed by atoms with van der Waals surface area (Å²) in [5, 5.41) is 18.3. The molecule has 0 amide bonds. The first-order valence-electron chi connectivity index (χ1n) is 5.90. The summed E-state index contributed by atoms with van der Waals surface area (Å²) in [6, 6.07) is 8.51. The first kappa shape index (κ1) is 13.6. The van der Waals surface area contributed by atoms with Crippen molar-refractivity contribution >= 4 is 5.97 Å². The van der Waals surface area contributed by atoms with E-state index < -0.39 is 5.97 Å². The molecule has 0 spiro atoms. The van der Waals surface area contributed by atoms with Gasteiger partial charge in [-0.05, 0) is 37.6 Å². The number of aromatic carboxylic acids is 1. The van der Waals surface area contributed by atoms with Gasteiger partial charge in [-0.25, -0.2) is 9.78 Å². The highest BCUT2D eigenvalue weighted by Gasteiger charge is 2.15. The predicted octanol–water partition coefficient (Wildman–Crippen LogP) is 3.06. The topological polar surface area (TPSA) is 83.2 Å². The standard InChI is InChI=1S/C15H12N2O3/c1-9-3-4-13(11(7-9)15(18)19)20-14-12(8-16)10(2)5-6-17-14/h3-7H,1-2H3,(H,18,19). The zero-order valence-corrected chi connectivity index (χ0v) is 11.0. The number of benzene rings is 1. The first-order chi connectivity index (χ1) is 9.52.